The molecule has 1 N–H and O–H groups in total. The summed E-state index contributed by atoms with van der Waals surface area (Å²) < 4.78 is 5.23. The zero-order chi connectivity index (χ0) is 16.4. The van der Waals surface area contributed by atoms with Gasteiger partial charge in [-0.1, -0.05) is 28.9 Å². The molecular weight excluding hydrogens is 320 g/mol. The molecule has 0 radical (unpaired) electrons. The van der Waals surface area contributed by atoms with Gasteiger partial charge in [-0.3, -0.25) is 9.59 Å². The van der Waals surface area contributed by atoms with E-state index in [1.807, 2.05) is 6.07 Å². The molecule has 1 aliphatic rings. The summed E-state index contributed by atoms with van der Waals surface area (Å²) >= 11 is 6.11. The molecule has 23 heavy (non-hydrogen) atoms. The maximum absolute atomic E-state index is 12.5. The molecule has 6 nitrogen and oxygen atoms in total. The zero-order valence-electron chi connectivity index (χ0n) is 12.2. The highest BCUT2D eigenvalue weighted by Crippen LogP contribution is 2.29. The van der Waals surface area contributed by atoms with E-state index in [9.17, 15) is 9.59 Å². The van der Waals surface area contributed by atoms with Crippen molar-refractivity contribution in [1.29, 1.82) is 0 Å². The van der Waals surface area contributed by atoms with Crippen molar-refractivity contribution in [2.75, 3.05) is 6.54 Å². The van der Waals surface area contributed by atoms with E-state index in [1.165, 1.54) is 0 Å². The number of carboxylic acids is 1. The predicted molar refractivity (Wildman–Crippen MR) is 83.3 cm³/mol. The summed E-state index contributed by atoms with van der Waals surface area (Å²) in [5, 5.41) is 13.3. The van der Waals surface area contributed by atoms with Gasteiger partial charge in [0.25, 0.3) is 5.91 Å². The van der Waals surface area contributed by atoms with Crippen LogP contribution in [0, 0.1) is 0 Å². The molecule has 1 aromatic heterocycles. The van der Waals surface area contributed by atoms with Gasteiger partial charge in [-0.2, -0.15) is 0 Å². The first-order chi connectivity index (χ1) is 11.1. The summed E-state index contributed by atoms with van der Waals surface area (Å²) in [5.41, 5.74) is 0.821. The second-order valence-corrected chi connectivity index (χ2v) is 5.86. The Morgan fingerprint density at radius 1 is 1.39 bits per heavy atom. The van der Waals surface area contributed by atoms with Crippen molar-refractivity contribution in [1.82, 2.24) is 10.1 Å². The number of likely N-dealkylation sites (tertiary alicyclic amines) is 1. The lowest BCUT2D eigenvalue weighted by Gasteiger charge is -2.22. The summed E-state index contributed by atoms with van der Waals surface area (Å²) in [5.74, 6) is -0.810. The molecule has 2 heterocycles. The number of carbonyl (C=O) groups excluding carboxylic acids is 1. The SMILES string of the molecule is O=C(O)CC1CCCN1C(=O)c1cc(-c2ccccc2Cl)on1. The lowest BCUT2D eigenvalue weighted by atomic mass is 10.1. The topological polar surface area (TPSA) is 83.6 Å². The number of carbonyl (C=O) groups is 2. The van der Waals surface area contributed by atoms with Gasteiger partial charge in [0.15, 0.2) is 11.5 Å². The van der Waals surface area contributed by atoms with Gasteiger partial charge in [0.1, 0.15) is 0 Å². The van der Waals surface area contributed by atoms with E-state index in [0.717, 1.165) is 6.42 Å². The standard InChI is InChI=1S/C16H15ClN2O4/c17-12-6-2-1-5-11(12)14-9-13(18-23-14)16(22)19-7-3-4-10(19)8-15(20)21/h1-2,5-6,9-10H,3-4,7-8H2,(H,20,21). The van der Waals surface area contributed by atoms with Crippen LogP contribution in [0.15, 0.2) is 34.9 Å². The van der Waals surface area contributed by atoms with Crippen molar-refractivity contribution < 1.29 is 19.2 Å². The minimum absolute atomic E-state index is 0.0546. The van der Waals surface area contributed by atoms with Gasteiger partial charge in [0.05, 0.1) is 11.4 Å². The fraction of sp³-hybridized carbons (Fsp3) is 0.312. The van der Waals surface area contributed by atoms with E-state index in [-0.39, 0.29) is 24.1 Å². The molecule has 7 heteroatoms. The fourth-order valence-electron chi connectivity index (χ4n) is 2.83. The van der Waals surface area contributed by atoms with E-state index in [4.69, 9.17) is 21.2 Å². The Hall–Kier alpha value is -2.34. The third-order valence-corrected chi connectivity index (χ3v) is 4.25. The number of aromatic nitrogens is 1. The van der Waals surface area contributed by atoms with Gasteiger partial charge in [-0.25, -0.2) is 0 Å². The maximum Gasteiger partial charge on any atom is 0.305 e. The molecule has 2 aromatic rings. The number of benzene rings is 1. The van der Waals surface area contributed by atoms with Gasteiger partial charge in [0.2, 0.25) is 0 Å². The lowest BCUT2D eigenvalue weighted by molar-refractivity contribution is -0.137. The largest absolute Gasteiger partial charge is 0.481 e. The number of hydrogen-bond acceptors (Lipinski definition) is 4. The molecule has 1 aliphatic heterocycles. The number of amides is 1. The summed E-state index contributed by atoms with van der Waals surface area (Å²) in [6, 6.07) is 8.37. The Morgan fingerprint density at radius 2 is 2.17 bits per heavy atom. The third kappa shape index (κ3) is 3.22. The monoisotopic (exact) mass is 334 g/mol. The molecule has 1 atom stereocenters. The fourth-order valence-corrected chi connectivity index (χ4v) is 3.06. The highest BCUT2D eigenvalue weighted by Gasteiger charge is 2.32. The van der Waals surface area contributed by atoms with Crippen LogP contribution in [-0.4, -0.2) is 39.6 Å². The number of aliphatic carboxylic acids is 1. The Labute approximate surface area is 137 Å². The Morgan fingerprint density at radius 3 is 2.91 bits per heavy atom. The molecule has 1 aromatic carbocycles. The Balaban J connectivity index is 1.81. The van der Waals surface area contributed by atoms with Gasteiger partial charge >= 0.3 is 5.97 Å². The first-order valence-electron chi connectivity index (χ1n) is 7.30. The Bertz CT molecular complexity index is 743. The summed E-state index contributed by atoms with van der Waals surface area (Å²) in [7, 11) is 0. The number of nitrogens with zero attached hydrogens (tertiary/aromatic N) is 2. The highest BCUT2D eigenvalue weighted by atomic mass is 35.5. The van der Waals surface area contributed by atoms with Crippen molar-refractivity contribution >= 4 is 23.5 Å². The molecule has 3 rings (SSSR count). The average Bonchev–Trinajstić information content (AvgIpc) is 3.16. The van der Waals surface area contributed by atoms with Crippen LogP contribution in [-0.2, 0) is 4.79 Å². The van der Waals surface area contributed by atoms with E-state index in [2.05, 4.69) is 5.16 Å². The summed E-state index contributed by atoms with van der Waals surface area (Å²) in [6.07, 6.45) is 1.42. The molecule has 0 spiro atoms. The van der Waals surface area contributed by atoms with Crippen LogP contribution in [0.4, 0.5) is 0 Å². The first-order valence-corrected chi connectivity index (χ1v) is 7.68. The Kier molecular flexibility index (Phi) is 4.34. The van der Waals surface area contributed by atoms with Gasteiger partial charge in [0, 0.05) is 24.2 Å². The van der Waals surface area contributed by atoms with E-state index >= 15 is 0 Å². The molecular formula is C16H15ClN2O4. The molecule has 1 unspecified atom stereocenters. The van der Waals surface area contributed by atoms with Crippen LogP contribution in [0.25, 0.3) is 11.3 Å². The van der Waals surface area contributed by atoms with Crippen LogP contribution in [0.2, 0.25) is 5.02 Å². The van der Waals surface area contributed by atoms with Crippen LogP contribution in [0.5, 0.6) is 0 Å². The molecule has 0 bridgehead atoms. The minimum atomic E-state index is -0.911. The number of carboxylic acid groups (broad SMARTS) is 1. The van der Waals surface area contributed by atoms with Gasteiger partial charge < -0.3 is 14.5 Å². The molecule has 1 fully saturated rings. The quantitative estimate of drug-likeness (QED) is 0.929. The molecule has 1 amide bonds. The normalized spacial score (nSPS) is 17.4. The molecule has 1 saturated heterocycles. The van der Waals surface area contributed by atoms with E-state index in [1.54, 1.807) is 29.2 Å². The number of rotatable bonds is 4. The van der Waals surface area contributed by atoms with Crippen molar-refractivity contribution in [3.63, 3.8) is 0 Å². The lowest BCUT2D eigenvalue weighted by Crippen LogP contribution is -2.37. The zero-order valence-corrected chi connectivity index (χ0v) is 13.0. The smallest absolute Gasteiger partial charge is 0.305 e. The number of hydrogen-bond donors (Lipinski definition) is 1. The van der Waals surface area contributed by atoms with Crippen molar-refractivity contribution in [3.8, 4) is 11.3 Å². The van der Waals surface area contributed by atoms with Crippen molar-refractivity contribution in [2.24, 2.45) is 0 Å². The predicted octanol–water partition coefficient (Wildman–Crippen LogP) is 3.07. The summed E-state index contributed by atoms with van der Waals surface area (Å²) in [4.78, 5) is 25.0. The average molecular weight is 335 g/mol. The molecule has 0 saturated carbocycles. The van der Waals surface area contributed by atoms with Gasteiger partial charge in [-0.15, -0.1) is 0 Å². The molecule has 120 valence electrons. The minimum Gasteiger partial charge on any atom is -0.481 e. The van der Waals surface area contributed by atoms with Crippen LogP contribution < -0.4 is 0 Å². The van der Waals surface area contributed by atoms with Crippen molar-refractivity contribution in [2.45, 2.75) is 25.3 Å². The van der Waals surface area contributed by atoms with E-state index in [0.29, 0.717) is 29.3 Å². The van der Waals surface area contributed by atoms with E-state index < -0.39 is 5.97 Å². The van der Waals surface area contributed by atoms with Crippen LogP contribution in [0.3, 0.4) is 0 Å². The van der Waals surface area contributed by atoms with Crippen LogP contribution in [0.1, 0.15) is 29.8 Å². The van der Waals surface area contributed by atoms with Crippen LogP contribution >= 0.6 is 11.6 Å². The highest BCUT2D eigenvalue weighted by molar-refractivity contribution is 6.33. The first kappa shape index (κ1) is 15.6. The maximum atomic E-state index is 12.5. The van der Waals surface area contributed by atoms with Gasteiger partial charge in [-0.05, 0) is 25.0 Å². The third-order valence-electron chi connectivity index (χ3n) is 3.92. The van der Waals surface area contributed by atoms with Crippen molar-refractivity contribution in [3.05, 3.63) is 41.0 Å². The second kappa shape index (κ2) is 6.42. The number of halogens is 1. The molecule has 0 aliphatic carbocycles. The second-order valence-electron chi connectivity index (χ2n) is 5.45. The summed E-state index contributed by atoms with van der Waals surface area (Å²) in [6.45, 7) is 0.533.